The van der Waals surface area contributed by atoms with Gasteiger partial charge in [-0.3, -0.25) is 24.7 Å². The molecule has 0 aliphatic rings. The van der Waals surface area contributed by atoms with Crippen LogP contribution in [-0.4, -0.2) is 25.8 Å². The maximum absolute atomic E-state index is 13.4. The Morgan fingerprint density at radius 1 is 0.914 bits per heavy atom. The minimum absolute atomic E-state index is 0.221. The topological polar surface area (TPSA) is 80.7 Å². The summed E-state index contributed by atoms with van der Waals surface area (Å²) in [5, 5.41) is 3.05. The minimum Gasteiger partial charge on any atom is -0.346 e. The molecule has 1 N–H and O–H groups in total. The molecular weight excluding hydrogens is 434 g/mol. The van der Waals surface area contributed by atoms with E-state index in [4.69, 9.17) is 4.98 Å². The van der Waals surface area contributed by atoms with Crippen molar-refractivity contribution in [1.29, 1.82) is 0 Å². The van der Waals surface area contributed by atoms with Gasteiger partial charge in [0.2, 0.25) is 0 Å². The Morgan fingerprint density at radius 3 is 2.40 bits per heavy atom. The number of pyridine rings is 4. The van der Waals surface area contributed by atoms with Crippen LogP contribution in [0, 0.1) is 6.92 Å². The zero-order chi connectivity index (χ0) is 24.9. The van der Waals surface area contributed by atoms with Gasteiger partial charge in [-0.25, -0.2) is 0 Å². The molecule has 0 radical (unpaired) electrons. The second-order valence-electron chi connectivity index (χ2n) is 9.36. The molecule has 4 aromatic heterocycles. The quantitative estimate of drug-likeness (QED) is 0.357. The van der Waals surface area contributed by atoms with Gasteiger partial charge in [0.15, 0.2) is 0 Å². The van der Waals surface area contributed by atoms with E-state index < -0.39 is 0 Å². The average molecular weight is 466 g/mol. The maximum atomic E-state index is 13.4. The summed E-state index contributed by atoms with van der Waals surface area (Å²) in [7, 11) is 0. The third-order valence-corrected chi connectivity index (χ3v) is 5.86. The van der Waals surface area contributed by atoms with E-state index in [0.29, 0.717) is 35.3 Å². The number of aromatic nitrogens is 4. The van der Waals surface area contributed by atoms with Crippen molar-refractivity contribution in [3.8, 4) is 22.5 Å². The van der Waals surface area contributed by atoms with Gasteiger partial charge in [-0.2, -0.15) is 0 Å². The second-order valence-corrected chi connectivity index (χ2v) is 9.36. The summed E-state index contributed by atoms with van der Waals surface area (Å²) in [6.45, 7) is 11.0. The molecule has 6 nitrogen and oxygen atoms in total. The molecule has 35 heavy (non-hydrogen) atoms. The molecule has 4 rings (SSSR count). The highest BCUT2D eigenvalue weighted by Gasteiger charge is 2.18. The van der Waals surface area contributed by atoms with Crippen LogP contribution in [-0.2, 0) is 6.54 Å². The molecule has 6 heteroatoms. The van der Waals surface area contributed by atoms with E-state index in [0.717, 1.165) is 28.1 Å². The van der Waals surface area contributed by atoms with Crippen molar-refractivity contribution < 1.29 is 4.79 Å². The highest BCUT2D eigenvalue weighted by Crippen LogP contribution is 2.27. The molecule has 0 saturated heterocycles. The first-order valence-electron chi connectivity index (χ1n) is 11.9. The van der Waals surface area contributed by atoms with Crippen LogP contribution in [0.15, 0.2) is 67.3 Å². The van der Waals surface area contributed by atoms with Crippen LogP contribution in [0.25, 0.3) is 22.5 Å². The minimum atomic E-state index is -0.221. The third kappa shape index (κ3) is 5.60. The predicted molar refractivity (Wildman–Crippen MR) is 139 cm³/mol. The Hall–Kier alpha value is -3.93. The van der Waals surface area contributed by atoms with Crippen molar-refractivity contribution in [1.82, 2.24) is 25.3 Å². The summed E-state index contributed by atoms with van der Waals surface area (Å²) in [4.78, 5) is 31.6. The largest absolute Gasteiger partial charge is 0.346 e. The highest BCUT2D eigenvalue weighted by atomic mass is 16.1. The molecule has 4 heterocycles. The van der Waals surface area contributed by atoms with E-state index in [-0.39, 0.29) is 5.91 Å². The number of amides is 1. The summed E-state index contributed by atoms with van der Waals surface area (Å²) >= 11 is 0. The number of nitrogens with one attached hydrogen (secondary N) is 1. The number of hydrogen-bond donors (Lipinski definition) is 1. The lowest BCUT2D eigenvalue weighted by molar-refractivity contribution is 0.0950. The summed E-state index contributed by atoms with van der Waals surface area (Å²) in [5.74, 6) is 0.485. The number of hydrogen-bond acceptors (Lipinski definition) is 5. The summed E-state index contributed by atoms with van der Waals surface area (Å²) in [6, 6.07) is 13.6. The Morgan fingerprint density at radius 2 is 1.71 bits per heavy atom. The lowest BCUT2D eigenvalue weighted by Gasteiger charge is -2.16. The third-order valence-electron chi connectivity index (χ3n) is 5.86. The molecule has 0 aromatic carbocycles. The number of rotatable bonds is 7. The fourth-order valence-corrected chi connectivity index (χ4v) is 4.06. The molecule has 178 valence electrons. The molecule has 0 bridgehead atoms. The van der Waals surface area contributed by atoms with Crippen molar-refractivity contribution in [2.75, 3.05) is 0 Å². The second kappa shape index (κ2) is 10.6. The SMILES string of the molecule is Cc1cncc(-c2cnc(-c3ccccn3)c(C(=O)NCc3ccc(C(C)C)c(C(C)C)n3)c2)c1. The zero-order valence-corrected chi connectivity index (χ0v) is 20.9. The fourth-order valence-electron chi connectivity index (χ4n) is 4.06. The normalized spacial score (nSPS) is 11.2. The van der Waals surface area contributed by atoms with E-state index in [1.165, 1.54) is 5.56 Å². The van der Waals surface area contributed by atoms with E-state index in [9.17, 15) is 4.79 Å². The molecule has 0 aliphatic heterocycles. The van der Waals surface area contributed by atoms with Crippen molar-refractivity contribution in [2.24, 2.45) is 0 Å². The van der Waals surface area contributed by atoms with Crippen molar-refractivity contribution >= 4 is 5.91 Å². The van der Waals surface area contributed by atoms with Gasteiger partial charge < -0.3 is 5.32 Å². The van der Waals surface area contributed by atoms with Crippen LogP contribution in [0.5, 0.6) is 0 Å². The average Bonchev–Trinajstić information content (AvgIpc) is 2.87. The first-order chi connectivity index (χ1) is 16.8. The number of aryl methyl sites for hydroxylation is 1. The van der Waals surface area contributed by atoms with Gasteiger partial charge in [0.05, 0.1) is 23.5 Å². The van der Waals surface area contributed by atoms with E-state index in [1.54, 1.807) is 24.8 Å². The van der Waals surface area contributed by atoms with Gasteiger partial charge in [-0.15, -0.1) is 0 Å². The molecule has 0 atom stereocenters. The van der Waals surface area contributed by atoms with Gasteiger partial charge in [0.25, 0.3) is 5.91 Å². The number of nitrogens with zero attached hydrogens (tertiary/aromatic N) is 4. The monoisotopic (exact) mass is 465 g/mol. The number of carbonyl (C=O) groups is 1. The van der Waals surface area contributed by atoms with Crippen LogP contribution in [0.4, 0.5) is 0 Å². The van der Waals surface area contributed by atoms with Gasteiger partial charge in [-0.1, -0.05) is 39.8 Å². The summed E-state index contributed by atoms with van der Waals surface area (Å²) < 4.78 is 0. The summed E-state index contributed by atoms with van der Waals surface area (Å²) in [6.07, 6.45) is 7.04. The molecule has 0 unspecified atom stereocenters. The first kappa shape index (κ1) is 24.2. The molecule has 0 fully saturated rings. The summed E-state index contributed by atoms with van der Waals surface area (Å²) in [5.41, 5.74) is 7.58. The van der Waals surface area contributed by atoms with Gasteiger partial charge in [0, 0.05) is 41.6 Å². The Labute approximate surface area is 206 Å². The predicted octanol–water partition coefficient (Wildman–Crippen LogP) is 6.09. The molecule has 1 amide bonds. The molecular formula is C29H31N5O. The Kier molecular flexibility index (Phi) is 7.30. The van der Waals surface area contributed by atoms with Gasteiger partial charge >= 0.3 is 0 Å². The van der Waals surface area contributed by atoms with Gasteiger partial charge in [-0.05, 0) is 60.2 Å². The van der Waals surface area contributed by atoms with E-state index in [1.807, 2.05) is 43.3 Å². The lowest BCUT2D eigenvalue weighted by atomic mass is 9.95. The Balaban J connectivity index is 1.66. The maximum Gasteiger partial charge on any atom is 0.253 e. The van der Waals surface area contributed by atoms with Crippen LogP contribution in [0.2, 0.25) is 0 Å². The molecule has 0 aliphatic carbocycles. The smallest absolute Gasteiger partial charge is 0.253 e. The van der Waals surface area contributed by atoms with Crippen molar-refractivity contribution in [3.05, 3.63) is 95.3 Å². The standard InChI is InChI=1S/C29H31N5O/c1-18(2)24-10-9-23(34-27(24)19(3)4)17-33-29(35)25-13-22(21-12-20(5)14-30-15-21)16-32-28(25)26-8-6-7-11-31-26/h6-16,18-19H,17H2,1-5H3,(H,33,35). The van der Waals surface area contributed by atoms with Crippen LogP contribution in [0.3, 0.4) is 0 Å². The van der Waals surface area contributed by atoms with Crippen LogP contribution >= 0.6 is 0 Å². The molecule has 0 spiro atoms. The fraction of sp³-hybridized carbons (Fsp3) is 0.276. The van der Waals surface area contributed by atoms with Crippen molar-refractivity contribution in [2.45, 2.75) is 53.0 Å². The zero-order valence-electron chi connectivity index (χ0n) is 20.9. The van der Waals surface area contributed by atoms with E-state index in [2.05, 4.69) is 54.0 Å². The highest BCUT2D eigenvalue weighted by molar-refractivity contribution is 6.00. The van der Waals surface area contributed by atoms with Crippen LogP contribution < -0.4 is 5.32 Å². The molecule has 4 aromatic rings. The van der Waals surface area contributed by atoms with Gasteiger partial charge in [0.1, 0.15) is 5.69 Å². The molecule has 0 saturated carbocycles. The van der Waals surface area contributed by atoms with E-state index >= 15 is 0 Å². The number of carbonyl (C=O) groups excluding carboxylic acids is 1. The first-order valence-corrected chi connectivity index (χ1v) is 11.9. The van der Waals surface area contributed by atoms with Crippen LogP contribution in [0.1, 0.15) is 72.4 Å². The Bertz CT molecular complexity index is 1330. The lowest BCUT2D eigenvalue weighted by Crippen LogP contribution is -2.25. The van der Waals surface area contributed by atoms with Crippen molar-refractivity contribution in [3.63, 3.8) is 0 Å².